The molecule has 0 saturated carbocycles. The van der Waals surface area contributed by atoms with Crippen molar-refractivity contribution in [2.24, 2.45) is 0 Å². The molecule has 0 spiro atoms. The number of sulfonamides is 1. The average molecular weight is 394 g/mol. The Labute approximate surface area is 157 Å². The van der Waals surface area contributed by atoms with Crippen LogP contribution < -0.4 is 10.0 Å². The molecule has 1 heterocycles. The van der Waals surface area contributed by atoms with Gasteiger partial charge in [-0.3, -0.25) is 9.59 Å². The predicted molar refractivity (Wildman–Crippen MR) is 98.3 cm³/mol. The lowest BCUT2D eigenvalue weighted by molar-refractivity contribution is -0.138. The number of aryl methyl sites for hydroxylation is 3. The molecule has 0 unspecified atom stereocenters. The summed E-state index contributed by atoms with van der Waals surface area (Å²) in [4.78, 5) is 23.4. The maximum absolute atomic E-state index is 12.7. The fraction of sp³-hybridized carbons (Fsp3) is 0.333. The molecule has 0 amide bonds. The molecule has 9 heteroatoms. The molecule has 0 aliphatic heterocycles. The minimum absolute atomic E-state index is 0.0637. The van der Waals surface area contributed by atoms with Crippen molar-refractivity contribution in [1.82, 2.24) is 10.0 Å². The maximum Gasteiger partial charge on any atom is 0.323 e. The van der Waals surface area contributed by atoms with E-state index in [1.807, 2.05) is 6.92 Å². The van der Waals surface area contributed by atoms with Crippen molar-refractivity contribution in [2.45, 2.75) is 31.7 Å². The van der Waals surface area contributed by atoms with Gasteiger partial charge >= 0.3 is 5.97 Å². The van der Waals surface area contributed by atoms with Crippen molar-refractivity contribution in [3.05, 3.63) is 53.0 Å². The van der Waals surface area contributed by atoms with Crippen LogP contribution in [0.15, 0.2) is 40.0 Å². The van der Waals surface area contributed by atoms with E-state index in [0.29, 0.717) is 16.7 Å². The fourth-order valence-corrected chi connectivity index (χ4v) is 4.51. The van der Waals surface area contributed by atoms with Gasteiger partial charge in [-0.15, -0.1) is 0 Å². The Morgan fingerprint density at radius 1 is 1.19 bits per heavy atom. The van der Waals surface area contributed by atoms with Gasteiger partial charge in [0, 0.05) is 6.54 Å². The van der Waals surface area contributed by atoms with Gasteiger partial charge in [0.15, 0.2) is 5.78 Å². The van der Waals surface area contributed by atoms with Crippen LogP contribution in [-0.4, -0.2) is 44.4 Å². The van der Waals surface area contributed by atoms with Gasteiger partial charge in [-0.25, -0.2) is 8.42 Å². The van der Waals surface area contributed by atoms with Crippen LogP contribution in [0.25, 0.3) is 0 Å². The molecule has 0 fully saturated rings. The number of rotatable bonds is 9. The second-order valence-corrected chi connectivity index (χ2v) is 7.96. The largest absolute Gasteiger partial charge is 0.480 e. The van der Waals surface area contributed by atoms with Crippen LogP contribution >= 0.6 is 0 Å². The van der Waals surface area contributed by atoms with Crippen LogP contribution in [0.3, 0.4) is 0 Å². The van der Waals surface area contributed by atoms with Crippen molar-refractivity contribution in [3.63, 3.8) is 0 Å². The zero-order valence-electron chi connectivity index (χ0n) is 15.3. The Balaban J connectivity index is 2.09. The summed E-state index contributed by atoms with van der Waals surface area (Å²) in [5.74, 6) is -1.63. The van der Waals surface area contributed by atoms with E-state index in [9.17, 15) is 23.1 Å². The summed E-state index contributed by atoms with van der Waals surface area (Å²) in [6, 6.07) is 3.51. The SMILES string of the molecule is Cc1cc(C)c(S(=O)(=O)N[C@H](CNCC(=O)c2ccoc2)C(=O)O)c(C)c1. The predicted octanol–water partition coefficient (Wildman–Crippen LogP) is 1.41. The third-order valence-corrected chi connectivity index (χ3v) is 5.72. The molecule has 0 bridgehead atoms. The van der Waals surface area contributed by atoms with E-state index >= 15 is 0 Å². The number of carbonyl (C=O) groups is 2. The third-order valence-electron chi connectivity index (χ3n) is 3.95. The monoisotopic (exact) mass is 394 g/mol. The van der Waals surface area contributed by atoms with E-state index in [-0.39, 0.29) is 23.8 Å². The molecular formula is C18H22N2O6S. The van der Waals surface area contributed by atoms with Gasteiger partial charge in [-0.2, -0.15) is 4.72 Å². The minimum Gasteiger partial charge on any atom is -0.480 e. The third kappa shape index (κ3) is 5.25. The number of nitrogens with one attached hydrogen (secondary N) is 2. The minimum atomic E-state index is -4.05. The molecule has 3 N–H and O–H groups in total. The number of carbonyl (C=O) groups excluding carboxylic acids is 1. The summed E-state index contributed by atoms with van der Waals surface area (Å²) in [7, 11) is -4.05. The second kappa shape index (κ2) is 8.47. The molecular weight excluding hydrogens is 372 g/mol. The summed E-state index contributed by atoms with van der Waals surface area (Å²) < 4.78 is 32.4. The standard InChI is InChI=1S/C18H22N2O6S/c1-11-6-12(2)17(13(3)7-11)27(24,25)20-15(18(22)23)8-19-9-16(21)14-4-5-26-10-14/h4-7,10,15,19-20H,8-9H2,1-3H3,(H,22,23)/t15-/m1/s1. The first-order valence-electron chi connectivity index (χ1n) is 8.21. The lowest BCUT2D eigenvalue weighted by Gasteiger charge is -2.18. The van der Waals surface area contributed by atoms with E-state index in [0.717, 1.165) is 5.56 Å². The Morgan fingerprint density at radius 3 is 2.33 bits per heavy atom. The molecule has 146 valence electrons. The molecule has 8 nitrogen and oxygen atoms in total. The highest BCUT2D eigenvalue weighted by atomic mass is 32.2. The first-order chi connectivity index (χ1) is 12.6. The van der Waals surface area contributed by atoms with Gasteiger partial charge in [0.05, 0.1) is 23.3 Å². The first kappa shape index (κ1) is 20.8. The molecule has 1 aromatic heterocycles. The molecule has 0 radical (unpaired) electrons. The number of carboxylic acids is 1. The van der Waals surface area contributed by atoms with Crippen LogP contribution in [0.1, 0.15) is 27.0 Å². The van der Waals surface area contributed by atoms with E-state index in [1.165, 1.54) is 18.6 Å². The van der Waals surface area contributed by atoms with Crippen LogP contribution in [0.4, 0.5) is 0 Å². The lowest BCUT2D eigenvalue weighted by atomic mass is 10.1. The van der Waals surface area contributed by atoms with E-state index in [1.54, 1.807) is 26.0 Å². The number of benzene rings is 1. The quantitative estimate of drug-likeness (QED) is 0.549. The van der Waals surface area contributed by atoms with Crippen molar-refractivity contribution >= 4 is 21.8 Å². The van der Waals surface area contributed by atoms with E-state index in [2.05, 4.69) is 10.0 Å². The van der Waals surface area contributed by atoms with E-state index < -0.39 is 22.0 Å². The highest BCUT2D eigenvalue weighted by Gasteiger charge is 2.27. The second-order valence-electron chi connectivity index (χ2n) is 6.31. The highest BCUT2D eigenvalue weighted by Crippen LogP contribution is 2.21. The summed E-state index contributed by atoms with van der Waals surface area (Å²) in [6.45, 7) is 4.78. The molecule has 0 saturated heterocycles. The maximum atomic E-state index is 12.7. The summed E-state index contributed by atoms with van der Waals surface area (Å²) >= 11 is 0. The molecule has 0 aliphatic rings. The summed E-state index contributed by atoms with van der Waals surface area (Å²) in [5.41, 5.74) is 2.33. The number of hydrogen-bond acceptors (Lipinski definition) is 6. The first-order valence-corrected chi connectivity index (χ1v) is 9.69. The number of Topliss-reactive ketones (excluding diaryl/α,β-unsaturated/α-hetero) is 1. The normalized spacial score (nSPS) is 12.7. The van der Waals surface area contributed by atoms with Crippen molar-refractivity contribution in [2.75, 3.05) is 13.1 Å². The molecule has 2 aromatic rings. The number of carboxylic acid groups (broad SMARTS) is 1. The smallest absolute Gasteiger partial charge is 0.323 e. The molecule has 1 atom stereocenters. The fourth-order valence-electron chi connectivity index (χ4n) is 2.87. The van der Waals surface area contributed by atoms with Crippen LogP contribution in [-0.2, 0) is 14.8 Å². The Hall–Kier alpha value is -2.49. The van der Waals surface area contributed by atoms with Gasteiger partial charge in [0.25, 0.3) is 0 Å². The highest BCUT2D eigenvalue weighted by molar-refractivity contribution is 7.89. The number of hydrogen-bond donors (Lipinski definition) is 3. The number of furan rings is 1. The van der Waals surface area contributed by atoms with Crippen molar-refractivity contribution < 1.29 is 27.5 Å². The summed E-state index contributed by atoms with van der Waals surface area (Å²) in [6.07, 6.45) is 2.64. The van der Waals surface area contributed by atoms with Gasteiger partial charge < -0.3 is 14.8 Å². The number of aliphatic carboxylic acids is 1. The van der Waals surface area contributed by atoms with E-state index in [4.69, 9.17) is 4.42 Å². The molecule has 27 heavy (non-hydrogen) atoms. The zero-order chi connectivity index (χ0) is 20.2. The van der Waals surface area contributed by atoms with Crippen molar-refractivity contribution in [1.29, 1.82) is 0 Å². The molecule has 0 aliphatic carbocycles. The Bertz CT molecular complexity index is 912. The van der Waals surface area contributed by atoms with Gasteiger partial charge in [0.2, 0.25) is 10.0 Å². The topological polar surface area (TPSA) is 126 Å². The van der Waals surface area contributed by atoms with Gasteiger partial charge in [0.1, 0.15) is 12.3 Å². The summed E-state index contributed by atoms with van der Waals surface area (Å²) in [5, 5.41) is 12.0. The van der Waals surface area contributed by atoms with Crippen molar-refractivity contribution in [3.8, 4) is 0 Å². The van der Waals surface area contributed by atoms with Crippen LogP contribution in [0.5, 0.6) is 0 Å². The average Bonchev–Trinajstić information content (AvgIpc) is 3.06. The van der Waals surface area contributed by atoms with Gasteiger partial charge in [-0.05, 0) is 38.0 Å². The molecule has 2 rings (SSSR count). The molecule has 1 aromatic carbocycles. The van der Waals surface area contributed by atoms with Gasteiger partial charge in [-0.1, -0.05) is 17.7 Å². The zero-order valence-corrected chi connectivity index (χ0v) is 16.1. The Morgan fingerprint density at radius 2 is 1.81 bits per heavy atom. The van der Waals surface area contributed by atoms with Crippen LogP contribution in [0, 0.1) is 20.8 Å². The Kier molecular flexibility index (Phi) is 6.53. The van der Waals surface area contributed by atoms with Crippen LogP contribution in [0.2, 0.25) is 0 Å². The lowest BCUT2D eigenvalue weighted by Crippen LogP contribution is -2.48. The number of ketones is 1.